The van der Waals surface area contributed by atoms with E-state index >= 15 is 0 Å². The molecule has 0 aliphatic heterocycles. The lowest BCUT2D eigenvalue weighted by Crippen LogP contribution is -2.57. The zero-order chi connectivity index (χ0) is 15.5. The number of rotatable bonds is 7. The molecule has 21 heavy (non-hydrogen) atoms. The fourth-order valence-corrected chi connectivity index (χ4v) is 4.67. The number of ether oxygens (including phenoxy) is 1. The molecule has 2 saturated carbocycles. The van der Waals surface area contributed by atoms with E-state index < -0.39 is 5.54 Å². The van der Waals surface area contributed by atoms with Gasteiger partial charge in [0.05, 0.1) is 6.61 Å². The van der Waals surface area contributed by atoms with Gasteiger partial charge in [-0.3, -0.25) is 10.1 Å². The average Bonchev–Trinajstić information content (AvgIpc) is 3.23. The third kappa shape index (κ3) is 4.62. The summed E-state index contributed by atoms with van der Waals surface area (Å²) in [6.07, 6.45) is 6.65. The third-order valence-corrected chi connectivity index (χ3v) is 6.54. The highest BCUT2D eigenvalue weighted by molar-refractivity contribution is 8.00. The molecule has 0 aromatic carbocycles. The van der Waals surface area contributed by atoms with Crippen LogP contribution in [0.1, 0.15) is 66.2 Å². The molecule has 122 valence electrons. The summed E-state index contributed by atoms with van der Waals surface area (Å²) in [6, 6.07) is 0.542. The Morgan fingerprint density at radius 3 is 2.62 bits per heavy atom. The SMILES string of the molecule is CCOC(=O)C1(NC2CC2)CCCC(SC(C)C(C)C)C1. The summed E-state index contributed by atoms with van der Waals surface area (Å²) in [7, 11) is 0. The van der Waals surface area contributed by atoms with E-state index in [1.54, 1.807) is 0 Å². The van der Waals surface area contributed by atoms with E-state index in [4.69, 9.17) is 4.74 Å². The summed E-state index contributed by atoms with van der Waals surface area (Å²) in [4.78, 5) is 12.6. The van der Waals surface area contributed by atoms with Crippen molar-refractivity contribution in [2.45, 2.75) is 88.3 Å². The monoisotopic (exact) mass is 313 g/mol. The minimum atomic E-state index is -0.413. The van der Waals surface area contributed by atoms with Crippen molar-refractivity contribution in [3.63, 3.8) is 0 Å². The van der Waals surface area contributed by atoms with Gasteiger partial charge in [0.25, 0.3) is 0 Å². The van der Waals surface area contributed by atoms with Gasteiger partial charge in [0.15, 0.2) is 0 Å². The molecule has 2 rings (SSSR count). The molecule has 2 fully saturated rings. The van der Waals surface area contributed by atoms with Gasteiger partial charge in [-0.1, -0.05) is 20.8 Å². The van der Waals surface area contributed by atoms with Crippen molar-refractivity contribution in [3.05, 3.63) is 0 Å². The second-order valence-corrected chi connectivity index (χ2v) is 8.71. The number of nitrogens with one attached hydrogen (secondary N) is 1. The molecule has 0 spiro atoms. The highest BCUT2D eigenvalue weighted by Crippen LogP contribution is 2.40. The Balaban J connectivity index is 2.02. The summed E-state index contributed by atoms with van der Waals surface area (Å²) in [6.45, 7) is 9.25. The summed E-state index contributed by atoms with van der Waals surface area (Å²) < 4.78 is 5.40. The van der Waals surface area contributed by atoms with E-state index in [-0.39, 0.29) is 5.97 Å². The van der Waals surface area contributed by atoms with Crippen molar-refractivity contribution >= 4 is 17.7 Å². The molecule has 0 aromatic rings. The molecule has 0 aromatic heterocycles. The van der Waals surface area contributed by atoms with Gasteiger partial charge in [-0.25, -0.2) is 0 Å². The van der Waals surface area contributed by atoms with Crippen LogP contribution in [0.3, 0.4) is 0 Å². The predicted molar refractivity (Wildman–Crippen MR) is 89.7 cm³/mol. The third-order valence-electron chi connectivity index (χ3n) is 4.78. The Hall–Kier alpha value is -0.220. The minimum absolute atomic E-state index is 0.0144. The highest BCUT2D eigenvalue weighted by Gasteiger charge is 2.47. The lowest BCUT2D eigenvalue weighted by atomic mass is 9.81. The van der Waals surface area contributed by atoms with Crippen molar-refractivity contribution in [3.8, 4) is 0 Å². The largest absolute Gasteiger partial charge is 0.465 e. The molecular formula is C17H31NO2S. The number of esters is 1. The standard InChI is InChI=1S/C17H31NO2S/c1-5-20-16(19)17(18-14-8-9-14)10-6-7-15(11-17)21-13(4)12(2)3/h12-15,18H,5-11H2,1-4H3. The van der Waals surface area contributed by atoms with E-state index in [0.29, 0.717) is 29.1 Å². The predicted octanol–water partition coefficient (Wildman–Crippen LogP) is 3.76. The van der Waals surface area contributed by atoms with Crippen LogP contribution in [-0.2, 0) is 9.53 Å². The number of hydrogen-bond donors (Lipinski definition) is 1. The molecule has 2 aliphatic carbocycles. The summed E-state index contributed by atoms with van der Waals surface area (Å²) in [5.41, 5.74) is -0.413. The second kappa shape index (κ2) is 7.36. The molecule has 0 heterocycles. The smallest absolute Gasteiger partial charge is 0.326 e. The number of carbonyl (C=O) groups excluding carboxylic acids is 1. The van der Waals surface area contributed by atoms with Crippen molar-refractivity contribution in [2.75, 3.05) is 6.61 Å². The van der Waals surface area contributed by atoms with Gasteiger partial charge in [-0.15, -0.1) is 0 Å². The van der Waals surface area contributed by atoms with Crippen LogP contribution in [0.4, 0.5) is 0 Å². The van der Waals surface area contributed by atoms with E-state index in [9.17, 15) is 4.79 Å². The topological polar surface area (TPSA) is 38.3 Å². The first-order chi connectivity index (χ1) is 9.97. The van der Waals surface area contributed by atoms with E-state index in [2.05, 4.69) is 37.8 Å². The Kier molecular flexibility index (Phi) is 6.01. The molecule has 3 atom stereocenters. The number of hydrogen-bond acceptors (Lipinski definition) is 4. The molecular weight excluding hydrogens is 282 g/mol. The Morgan fingerprint density at radius 2 is 2.05 bits per heavy atom. The average molecular weight is 314 g/mol. The zero-order valence-corrected chi connectivity index (χ0v) is 14.8. The molecule has 0 bridgehead atoms. The Morgan fingerprint density at radius 1 is 1.33 bits per heavy atom. The maximum absolute atomic E-state index is 12.6. The first-order valence-corrected chi connectivity index (χ1v) is 9.51. The van der Waals surface area contributed by atoms with Gasteiger partial charge in [0, 0.05) is 16.5 Å². The Bertz CT molecular complexity index is 357. The van der Waals surface area contributed by atoms with Crippen LogP contribution in [-0.4, -0.2) is 34.7 Å². The van der Waals surface area contributed by atoms with Crippen molar-refractivity contribution in [2.24, 2.45) is 5.92 Å². The van der Waals surface area contributed by atoms with Crippen LogP contribution in [0.15, 0.2) is 0 Å². The highest BCUT2D eigenvalue weighted by atomic mass is 32.2. The quantitative estimate of drug-likeness (QED) is 0.726. The maximum Gasteiger partial charge on any atom is 0.326 e. The van der Waals surface area contributed by atoms with Crippen LogP contribution in [0.2, 0.25) is 0 Å². The van der Waals surface area contributed by atoms with Gasteiger partial charge < -0.3 is 4.74 Å². The summed E-state index contributed by atoms with van der Waals surface area (Å²) in [5.74, 6) is 0.671. The molecule has 0 saturated heterocycles. The lowest BCUT2D eigenvalue weighted by molar-refractivity contribution is -0.152. The lowest BCUT2D eigenvalue weighted by Gasteiger charge is -2.40. The normalized spacial score (nSPS) is 31.2. The first kappa shape index (κ1) is 17.1. The molecule has 2 aliphatic rings. The van der Waals surface area contributed by atoms with Gasteiger partial charge in [0.2, 0.25) is 0 Å². The number of thioether (sulfide) groups is 1. The van der Waals surface area contributed by atoms with Crippen LogP contribution in [0.5, 0.6) is 0 Å². The molecule has 3 unspecified atom stereocenters. The molecule has 4 heteroatoms. The van der Waals surface area contributed by atoms with Crippen LogP contribution < -0.4 is 5.32 Å². The van der Waals surface area contributed by atoms with Crippen molar-refractivity contribution in [1.29, 1.82) is 0 Å². The van der Waals surface area contributed by atoms with E-state index in [1.807, 2.05) is 6.92 Å². The van der Waals surface area contributed by atoms with Crippen molar-refractivity contribution < 1.29 is 9.53 Å². The number of carbonyl (C=O) groups is 1. The molecule has 1 N–H and O–H groups in total. The zero-order valence-electron chi connectivity index (χ0n) is 14.0. The second-order valence-electron chi connectivity index (χ2n) is 7.02. The first-order valence-electron chi connectivity index (χ1n) is 8.57. The summed E-state index contributed by atoms with van der Waals surface area (Å²) in [5, 5.41) is 4.86. The van der Waals surface area contributed by atoms with Crippen LogP contribution in [0.25, 0.3) is 0 Å². The van der Waals surface area contributed by atoms with Gasteiger partial charge >= 0.3 is 5.97 Å². The van der Waals surface area contributed by atoms with Crippen LogP contribution in [0, 0.1) is 5.92 Å². The van der Waals surface area contributed by atoms with Crippen LogP contribution >= 0.6 is 11.8 Å². The van der Waals surface area contributed by atoms with Gasteiger partial charge in [-0.05, 0) is 51.4 Å². The van der Waals surface area contributed by atoms with Crippen molar-refractivity contribution in [1.82, 2.24) is 5.32 Å². The van der Waals surface area contributed by atoms with Gasteiger partial charge in [-0.2, -0.15) is 11.8 Å². The Labute approximate surface area is 134 Å². The fourth-order valence-electron chi connectivity index (χ4n) is 3.06. The molecule has 3 nitrogen and oxygen atoms in total. The molecule has 0 radical (unpaired) electrons. The maximum atomic E-state index is 12.6. The van der Waals surface area contributed by atoms with Gasteiger partial charge in [0.1, 0.15) is 5.54 Å². The molecule has 0 amide bonds. The van der Waals surface area contributed by atoms with E-state index in [0.717, 1.165) is 19.3 Å². The van der Waals surface area contributed by atoms with E-state index in [1.165, 1.54) is 19.3 Å². The minimum Gasteiger partial charge on any atom is -0.465 e. The fraction of sp³-hybridized carbons (Fsp3) is 0.941. The summed E-state index contributed by atoms with van der Waals surface area (Å²) >= 11 is 2.07.